The smallest absolute Gasteiger partial charge is 0.341 e. The zero-order valence-electron chi connectivity index (χ0n) is 13.5. The van der Waals surface area contributed by atoms with E-state index in [0.29, 0.717) is 12.2 Å². The molecule has 0 aliphatic carbocycles. The zero-order chi connectivity index (χ0) is 16.9. The van der Waals surface area contributed by atoms with E-state index < -0.39 is 5.97 Å². The highest BCUT2D eigenvalue weighted by molar-refractivity contribution is 5.88. The fourth-order valence-corrected chi connectivity index (χ4v) is 2.12. The van der Waals surface area contributed by atoms with Crippen LogP contribution in [-0.2, 0) is 32.0 Å². The second kappa shape index (κ2) is 6.99. The first-order valence-electron chi connectivity index (χ1n) is 7.45. The highest BCUT2D eigenvalue weighted by atomic mass is 16.5. The molecule has 1 aromatic carbocycles. The minimum absolute atomic E-state index is 0.202. The molecule has 7 nitrogen and oxygen atoms in total. The number of carbonyl (C=O) groups is 1. The number of imidazole rings is 1. The van der Waals surface area contributed by atoms with E-state index in [0.717, 1.165) is 17.1 Å². The van der Waals surface area contributed by atoms with E-state index in [1.165, 1.54) is 6.20 Å². The number of nitrogens with zero attached hydrogens (tertiary/aromatic N) is 4. The Kier molecular flexibility index (Phi) is 4.60. The minimum Gasteiger partial charge on any atom is -0.486 e. The number of ether oxygens (including phenoxy) is 2. The standard InChI is InChI=1S/C17H18N4O3/c1-20-8-7-18-16(20)12-23-15-5-3-13(4-6-15)11-24-17(22)14-9-19-21(2)10-14/h3-10H,11-12H2,1-2H3. The minimum atomic E-state index is -0.391. The molecule has 0 bridgehead atoms. The summed E-state index contributed by atoms with van der Waals surface area (Å²) >= 11 is 0. The van der Waals surface area contributed by atoms with E-state index in [1.54, 1.807) is 24.1 Å². The van der Waals surface area contributed by atoms with Gasteiger partial charge in [-0.3, -0.25) is 4.68 Å². The maximum absolute atomic E-state index is 11.9. The number of benzene rings is 1. The zero-order valence-corrected chi connectivity index (χ0v) is 13.5. The molecule has 124 valence electrons. The van der Waals surface area contributed by atoms with E-state index in [2.05, 4.69) is 10.1 Å². The maximum atomic E-state index is 11.9. The molecule has 0 spiro atoms. The van der Waals surface area contributed by atoms with E-state index in [4.69, 9.17) is 9.47 Å². The van der Waals surface area contributed by atoms with Crippen LogP contribution in [0.4, 0.5) is 0 Å². The fraction of sp³-hybridized carbons (Fsp3) is 0.235. The number of hydrogen-bond donors (Lipinski definition) is 0. The van der Waals surface area contributed by atoms with Gasteiger partial charge in [0.15, 0.2) is 0 Å². The van der Waals surface area contributed by atoms with Crippen molar-refractivity contribution in [3.63, 3.8) is 0 Å². The third-order valence-corrected chi connectivity index (χ3v) is 3.52. The van der Waals surface area contributed by atoms with Gasteiger partial charge in [-0.2, -0.15) is 5.10 Å². The molecule has 7 heteroatoms. The van der Waals surface area contributed by atoms with Crippen molar-refractivity contribution in [3.05, 3.63) is 66.0 Å². The Morgan fingerprint density at radius 3 is 2.58 bits per heavy atom. The molecule has 3 rings (SSSR count). The van der Waals surface area contributed by atoms with Gasteiger partial charge in [0.1, 0.15) is 24.8 Å². The van der Waals surface area contributed by atoms with E-state index >= 15 is 0 Å². The van der Waals surface area contributed by atoms with Crippen molar-refractivity contribution < 1.29 is 14.3 Å². The first-order chi connectivity index (χ1) is 11.6. The molecule has 0 radical (unpaired) electrons. The molecule has 0 aliphatic rings. The van der Waals surface area contributed by atoms with Crippen LogP contribution in [0.25, 0.3) is 0 Å². The lowest BCUT2D eigenvalue weighted by atomic mass is 10.2. The van der Waals surface area contributed by atoms with Crippen molar-refractivity contribution in [2.24, 2.45) is 14.1 Å². The molecule has 2 aromatic heterocycles. The molecule has 2 heterocycles. The first kappa shape index (κ1) is 15.8. The summed E-state index contributed by atoms with van der Waals surface area (Å²) in [6.45, 7) is 0.603. The largest absolute Gasteiger partial charge is 0.486 e. The molecule has 0 saturated heterocycles. The van der Waals surface area contributed by atoms with Crippen LogP contribution < -0.4 is 4.74 Å². The molecule has 0 fully saturated rings. The van der Waals surface area contributed by atoms with Gasteiger partial charge in [0.25, 0.3) is 0 Å². The summed E-state index contributed by atoms with van der Waals surface area (Å²) in [7, 11) is 3.67. The monoisotopic (exact) mass is 326 g/mol. The molecule has 3 aromatic rings. The van der Waals surface area contributed by atoms with Crippen molar-refractivity contribution in [1.82, 2.24) is 19.3 Å². The van der Waals surface area contributed by atoms with Crippen LogP contribution in [0.2, 0.25) is 0 Å². The third kappa shape index (κ3) is 3.81. The SMILES string of the molecule is Cn1cc(C(=O)OCc2ccc(OCc3nccn3C)cc2)cn1. The van der Waals surface area contributed by atoms with E-state index in [9.17, 15) is 4.79 Å². The van der Waals surface area contributed by atoms with Crippen LogP contribution in [-0.4, -0.2) is 25.3 Å². The summed E-state index contributed by atoms with van der Waals surface area (Å²) in [5.74, 6) is 1.20. The second-order valence-corrected chi connectivity index (χ2v) is 5.37. The predicted octanol–water partition coefficient (Wildman–Crippen LogP) is 2.09. The van der Waals surface area contributed by atoms with Crippen molar-refractivity contribution in [1.29, 1.82) is 0 Å². The van der Waals surface area contributed by atoms with Crippen LogP contribution in [0.3, 0.4) is 0 Å². The van der Waals surface area contributed by atoms with Gasteiger partial charge < -0.3 is 14.0 Å². The number of aromatic nitrogens is 4. The average Bonchev–Trinajstić information content (AvgIpc) is 3.20. The highest BCUT2D eigenvalue weighted by Gasteiger charge is 2.09. The second-order valence-electron chi connectivity index (χ2n) is 5.37. The molecule has 0 aliphatic heterocycles. The third-order valence-electron chi connectivity index (χ3n) is 3.52. The van der Waals surface area contributed by atoms with Crippen molar-refractivity contribution in [3.8, 4) is 5.75 Å². The lowest BCUT2D eigenvalue weighted by Crippen LogP contribution is -2.05. The molecule has 0 N–H and O–H groups in total. The predicted molar refractivity (Wildman–Crippen MR) is 86.3 cm³/mol. The molecule has 24 heavy (non-hydrogen) atoms. The molecular formula is C17H18N4O3. The van der Waals surface area contributed by atoms with Gasteiger partial charge in [-0.05, 0) is 17.7 Å². The summed E-state index contributed by atoms with van der Waals surface area (Å²) in [5, 5.41) is 3.94. The Bertz CT molecular complexity index is 820. The highest BCUT2D eigenvalue weighted by Crippen LogP contribution is 2.15. The Hall–Kier alpha value is -3.09. The van der Waals surface area contributed by atoms with Crippen LogP contribution in [0, 0.1) is 0 Å². The summed E-state index contributed by atoms with van der Waals surface area (Å²) in [6.07, 6.45) is 6.71. The van der Waals surface area contributed by atoms with Crippen molar-refractivity contribution in [2.45, 2.75) is 13.2 Å². The van der Waals surface area contributed by atoms with Crippen molar-refractivity contribution in [2.75, 3.05) is 0 Å². The Morgan fingerprint density at radius 2 is 1.96 bits per heavy atom. The summed E-state index contributed by atoms with van der Waals surface area (Å²) in [6, 6.07) is 7.42. The van der Waals surface area contributed by atoms with Crippen LogP contribution >= 0.6 is 0 Å². The van der Waals surface area contributed by atoms with Crippen LogP contribution in [0.5, 0.6) is 5.75 Å². The number of esters is 1. The van der Waals surface area contributed by atoms with E-state index in [-0.39, 0.29) is 6.61 Å². The Balaban J connectivity index is 1.51. The van der Waals surface area contributed by atoms with E-state index in [1.807, 2.05) is 42.1 Å². The van der Waals surface area contributed by atoms with Crippen LogP contribution in [0.1, 0.15) is 21.7 Å². The van der Waals surface area contributed by atoms with Crippen molar-refractivity contribution >= 4 is 5.97 Å². The normalized spacial score (nSPS) is 10.6. The van der Waals surface area contributed by atoms with Gasteiger partial charge in [-0.15, -0.1) is 0 Å². The molecular weight excluding hydrogens is 308 g/mol. The van der Waals surface area contributed by atoms with Gasteiger partial charge in [0.2, 0.25) is 0 Å². The summed E-state index contributed by atoms with van der Waals surface area (Å²) < 4.78 is 14.4. The quantitative estimate of drug-likeness (QED) is 0.649. The molecule has 0 amide bonds. The lowest BCUT2D eigenvalue weighted by Gasteiger charge is -2.08. The molecule has 0 saturated carbocycles. The van der Waals surface area contributed by atoms with Gasteiger partial charge in [-0.25, -0.2) is 9.78 Å². The summed E-state index contributed by atoms with van der Waals surface area (Å²) in [5.41, 5.74) is 1.32. The van der Waals surface area contributed by atoms with Gasteiger partial charge in [0, 0.05) is 32.7 Å². The molecule has 0 atom stereocenters. The Labute approximate surface area is 139 Å². The van der Waals surface area contributed by atoms with Gasteiger partial charge in [0.05, 0.1) is 11.8 Å². The van der Waals surface area contributed by atoms with Gasteiger partial charge in [-0.1, -0.05) is 12.1 Å². The molecule has 0 unspecified atom stereocenters. The Morgan fingerprint density at radius 1 is 1.17 bits per heavy atom. The number of hydrogen-bond acceptors (Lipinski definition) is 5. The number of rotatable bonds is 6. The summed E-state index contributed by atoms with van der Waals surface area (Å²) in [4.78, 5) is 16.1. The average molecular weight is 326 g/mol. The van der Waals surface area contributed by atoms with Crippen LogP contribution in [0.15, 0.2) is 49.1 Å². The first-order valence-corrected chi connectivity index (χ1v) is 7.45. The number of carbonyl (C=O) groups excluding carboxylic acids is 1. The fourth-order valence-electron chi connectivity index (χ4n) is 2.12. The number of aryl methyl sites for hydroxylation is 2. The topological polar surface area (TPSA) is 71.2 Å². The van der Waals surface area contributed by atoms with Gasteiger partial charge >= 0.3 is 5.97 Å². The maximum Gasteiger partial charge on any atom is 0.341 e. The lowest BCUT2D eigenvalue weighted by molar-refractivity contribution is 0.0472.